The van der Waals surface area contributed by atoms with Gasteiger partial charge < -0.3 is 4.74 Å². The molecule has 2 aromatic rings. The summed E-state index contributed by atoms with van der Waals surface area (Å²) >= 11 is 0. The van der Waals surface area contributed by atoms with Gasteiger partial charge in [-0.3, -0.25) is 0 Å². The van der Waals surface area contributed by atoms with Gasteiger partial charge in [0.1, 0.15) is 0 Å². The van der Waals surface area contributed by atoms with E-state index in [0.29, 0.717) is 18.6 Å². The summed E-state index contributed by atoms with van der Waals surface area (Å²) in [5, 5.41) is 0. The summed E-state index contributed by atoms with van der Waals surface area (Å²) in [5.74, 6) is -0.298. The molecule has 0 N–H and O–H groups in total. The molecule has 0 fully saturated rings. The van der Waals surface area contributed by atoms with Gasteiger partial charge in [-0.15, -0.1) is 0 Å². The summed E-state index contributed by atoms with van der Waals surface area (Å²) in [6.07, 6.45) is 2.28. The summed E-state index contributed by atoms with van der Waals surface area (Å²) in [7, 11) is 0. The van der Waals surface area contributed by atoms with E-state index in [-0.39, 0.29) is 5.97 Å². The van der Waals surface area contributed by atoms with E-state index in [1.165, 1.54) is 11.1 Å². The van der Waals surface area contributed by atoms with Crippen LogP contribution in [0.2, 0.25) is 0 Å². The fraction of sp³-hybridized carbons (Fsp3) is 0.250. The fourth-order valence-corrected chi connectivity index (χ4v) is 2.21. The molecule has 0 heterocycles. The van der Waals surface area contributed by atoms with Crippen LogP contribution >= 0.6 is 0 Å². The SMILES string of the molecule is C=C(Cc1ccc(C)cc1)C(=O)OCCCc1ccccc1. The Morgan fingerprint density at radius 2 is 1.68 bits per heavy atom. The first-order valence-electron chi connectivity index (χ1n) is 7.59. The topological polar surface area (TPSA) is 26.3 Å². The van der Waals surface area contributed by atoms with Crippen LogP contribution in [0.15, 0.2) is 66.7 Å². The molecule has 2 aromatic carbocycles. The second kappa shape index (κ2) is 8.18. The van der Waals surface area contributed by atoms with Gasteiger partial charge in [0.25, 0.3) is 0 Å². The van der Waals surface area contributed by atoms with Gasteiger partial charge in [-0.25, -0.2) is 4.79 Å². The third-order valence-corrected chi connectivity index (χ3v) is 3.51. The van der Waals surface area contributed by atoms with E-state index in [1.807, 2.05) is 49.4 Å². The zero-order valence-electron chi connectivity index (χ0n) is 13.0. The van der Waals surface area contributed by atoms with E-state index < -0.39 is 0 Å². The zero-order valence-corrected chi connectivity index (χ0v) is 13.0. The van der Waals surface area contributed by atoms with Crippen molar-refractivity contribution in [2.75, 3.05) is 6.61 Å². The Hall–Kier alpha value is -2.35. The molecule has 0 saturated carbocycles. The molecule has 114 valence electrons. The monoisotopic (exact) mass is 294 g/mol. The van der Waals surface area contributed by atoms with Gasteiger partial charge in [-0.1, -0.05) is 66.7 Å². The number of aryl methyl sites for hydroxylation is 2. The van der Waals surface area contributed by atoms with Crippen LogP contribution < -0.4 is 0 Å². The standard InChI is InChI=1S/C20H22O2/c1-16-10-12-19(13-11-16)15-17(2)20(21)22-14-6-9-18-7-4-3-5-8-18/h3-5,7-8,10-13H,2,6,9,14-15H2,1H3. The fourth-order valence-electron chi connectivity index (χ4n) is 2.21. The van der Waals surface area contributed by atoms with Crippen molar-refractivity contribution in [2.24, 2.45) is 0 Å². The van der Waals surface area contributed by atoms with E-state index in [2.05, 4.69) is 18.7 Å². The third kappa shape index (κ3) is 5.21. The van der Waals surface area contributed by atoms with Gasteiger partial charge >= 0.3 is 5.97 Å². The summed E-state index contributed by atoms with van der Waals surface area (Å²) in [6, 6.07) is 18.3. The van der Waals surface area contributed by atoms with Crippen molar-refractivity contribution in [3.63, 3.8) is 0 Å². The van der Waals surface area contributed by atoms with E-state index >= 15 is 0 Å². The Balaban J connectivity index is 1.70. The maximum Gasteiger partial charge on any atom is 0.333 e. The Morgan fingerprint density at radius 1 is 1.00 bits per heavy atom. The lowest BCUT2D eigenvalue weighted by Gasteiger charge is -2.08. The predicted molar refractivity (Wildman–Crippen MR) is 89.7 cm³/mol. The summed E-state index contributed by atoms with van der Waals surface area (Å²) in [6.45, 7) is 6.31. The molecule has 0 amide bonds. The van der Waals surface area contributed by atoms with E-state index in [0.717, 1.165) is 18.4 Å². The second-order valence-electron chi connectivity index (χ2n) is 5.49. The van der Waals surface area contributed by atoms with Crippen molar-refractivity contribution >= 4 is 5.97 Å². The number of benzene rings is 2. The van der Waals surface area contributed by atoms with Crippen molar-refractivity contribution in [1.29, 1.82) is 0 Å². The highest BCUT2D eigenvalue weighted by Gasteiger charge is 2.09. The van der Waals surface area contributed by atoms with Crippen molar-refractivity contribution in [1.82, 2.24) is 0 Å². The molecule has 0 unspecified atom stereocenters. The number of hydrogen-bond acceptors (Lipinski definition) is 2. The molecule has 0 saturated heterocycles. The molecule has 2 rings (SSSR count). The van der Waals surface area contributed by atoms with Crippen LogP contribution in [-0.2, 0) is 22.4 Å². The van der Waals surface area contributed by atoms with Gasteiger partial charge in [0.15, 0.2) is 0 Å². The first-order chi connectivity index (χ1) is 10.6. The predicted octanol–water partition coefficient (Wildman–Crippen LogP) is 4.27. The molecule has 22 heavy (non-hydrogen) atoms. The van der Waals surface area contributed by atoms with Crippen LogP contribution in [0.1, 0.15) is 23.1 Å². The van der Waals surface area contributed by atoms with Crippen molar-refractivity contribution in [2.45, 2.75) is 26.2 Å². The Labute approximate surface area is 132 Å². The van der Waals surface area contributed by atoms with E-state index in [1.54, 1.807) is 0 Å². The average molecular weight is 294 g/mol. The first-order valence-corrected chi connectivity index (χ1v) is 7.59. The quantitative estimate of drug-likeness (QED) is 0.433. The molecule has 0 aliphatic carbocycles. The van der Waals surface area contributed by atoms with Gasteiger partial charge in [0, 0.05) is 12.0 Å². The second-order valence-corrected chi connectivity index (χ2v) is 5.49. The Morgan fingerprint density at radius 3 is 2.36 bits per heavy atom. The van der Waals surface area contributed by atoms with Crippen molar-refractivity contribution in [3.8, 4) is 0 Å². The molecular weight excluding hydrogens is 272 g/mol. The molecule has 0 aliphatic heterocycles. The van der Waals surface area contributed by atoms with Crippen molar-refractivity contribution in [3.05, 3.63) is 83.4 Å². The number of hydrogen-bond donors (Lipinski definition) is 0. The van der Waals surface area contributed by atoms with E-state index in [4.69, 9.17) is 4.74 Å². The maximum atomic E-state index is 11.9. The maximum absolute atomic E-state index is 11.9. The number of esters is 1. The number of ether oxygens (including phenoxy) is 1. The molecule has 0 atom stereocenters. The van der Waals surface area contributed by atoms with Gasteiger partial charge in [-0.05, 0) is 30.9 Å². The molecule has 0 radical (unpaired) electrons. The lowest BCUT2D eigenvalue weighted by Crippen LogP contribution is -2.10. The van der Waals surface area contributed by atoms with Crippen LogP contribution in [0.3, 0.4) is 0 Å². The average Bonchev–Trinajstić information content (AvgIpc) is 2.54. The number of carbonyl (C=O) groups is 1. The molecule has 2 heteroatoms. The van der Waals surface area contributed by atoms with Crippen molar-refractivity contribution < 1.29 is 9.53 Å². The smallest absolute Gasteiger partial charge is 0.333 e. The summed E-state index contributed by atoms with van der Waals surface area (Å²) < 4.78 is 5.28. The van der Waals surface area contributed by atoms with E-state index in [9.17, 15) is 4.79 Å². The zero-order chi connectivity index (χ0) is 15.8. The lowest BCUT2D eigenvalue weighted by atomic mass is 10.1. The van der Waals surface area contributed by atoms with Crippen LogP contribution in [0.4, 0.5) is 0 Å². The summed E-state index contributed by atoms with van der Waals surface area (Å²) in [5.41, 5.74) is 4.05. The highest BCUT2D eigenvalue weighted by molar-refractivity contribution is 5.88. The Bertz CT molecular complexity index is 612. The minimum Gasteiger partial charge on any atom is -0.462 e. The molecule has 2 nitrogen and oxygen atoms in total. The third-order valence-electron chi connectivity index (χ3n) is 3.51. The molecule has 0 spiro atoms. The largest absolute Gasteiger partial charge is 0.462 e. The van der Waals surface area contributed by atoms with Gasteiger partial charge in [0.05, 0.1) is 6.61 Å². The molecular formula is C20H22O2. The molecule has 0 aliphatic rings. The molecule has 0 aromatic heterocycles. The lowest BCUT2D eigenvalue weighted by molar-refractivity contribution is -0.139. The highest BCUT2D eigenvalue weighted by atomic mass is 16.5. The van der Waals surface area contributed by atoms with Crippen LogP contribution in [0.25, 0.3) is 0 Å². The van der Waals surface area contributed by atoms with Gasteiger partial charge in [-0.2, -0.15) is 0 Å². The first kappa shape index (κ1) is 16.0. The van der Waals surface area contributed by atoms with Crippen LogP contribution in [0, 0.1) is 6.92 Å². The molecule has 0 bridgehead atoms. The number of rotatable bonds is 7. The van der Waals surface area contributed by atoms with Crippen LogP contribution in [-0.4, -0.2) is 12.6 Å². The number of carbonyl (C=O) groups excluding carboxylic acids is 1. The van der Waals surface area contributed by atoms with Gasteiger partial charge in [0.2, 0.25) is 0 Å². The Kier molecular flexibility index (Phi) is 5.96. The normalized spacial score (nSPS) is 10.2. The highest BCUT2D eigenvalue weighted by Crippen LogP contribution is 2.10. The minimum atomic E-state index is -0.298. The minimum absolute atomic E-state index is 0.298. The van der Waals surface area contributed by atoms with Crippen LogP contribution in [0.5, 0.6) is 0 Å². The summed E-state index contributed by atoms with van der Waals surface area (Å²) in [4.78, 5) is 11.9.